The predicted molar refractivity (Wildman–Crippen MR) is 59.5 cm³/mol. The van der Waals surface area contributed by atoms with Gasteiger partial charge in [0.15, 0.2) is 0 Å². The van der Waals surface area contributed by atoms with Gasteiger partial charge in [-0.3, -0.25) is 4.79 Å². The number of hydrogen-bond donors (Lipinski definition) is 2. The zero-order chi connectivity index (χ0) is 11.3. The molecule has 0 aromatic heterocycles. The Bertz CT molecular complexity index is 209. The summed E-state index contributed by atoms with van der Waals surface area (Å²) in [5.41, 5.74) is 0. The van der Waals surface area contributed by atoms with Gasteiger partial charge in [-0.05, 0) is 25.8 Å². The number of rotatable bonds is 5. The van der Waals surface area contributed by atoms with Crippen molar-refractivity contribution < 1.29 is 9.90 Å². The molecule has 2 unspecified atom stereocenters. The highest BCUT2D eigenvalue weighted by atomic mass is 16.3. The van der Waals surface area contributed by atoms with E-state index in [0.717, 1.165) is 32.4 Å². The molecule has 2 atom stereocenters. The number of carbonyl (C=O) groups excluding carboxylic acids is 1. The lowest BCUT2D eigenvalue weighted by atomic mass is 10.1. The highest BCUT2D eigenvalue weighted by molar-refractivity contribution is 5.75. The van der Waals surface area contributed by atoms with Crippen LogP contribution < -0.4 is 5.32 Å². The van der Waals surface area contributed by atoms with Crippen LogP contribution in [0.15, 0.2) is 0 Å². The quantitative estimate of drug-likeness (QED) is 0.688. The molecule has 0 radical (unpaired) electrons. The van der Waals surface area contributed by atoms with Gasteiger partial charge in [0, 0.05) is 26.6 Å². The monoisotopic (exact) mass is 214 g/mol. The highest BCUT2D eigenvalue weighted by Crippen LogP contribution is 2.25. The first kappa shape index (κ1) is 12.5. The molecular weight excluding hydrogens is 192 g/mol. The number of aliphatic hydroxyl groups is 1. The molecule has 1 aliphatic rings. The average Bonchev–Trinajstić information content (AvgIpc) is 2.61. The smallest absolute Gasteiger partial charge is 0.221 e. The van der Waals surface area contributed by atoms with E-state index < -0.39 is 0 Å². The molecule has 88 valence electrons. The molecule has 4 nitrogen and oxygen atoms in total. The summed E-state index contributed by atoms with van der Waals surface area (Å²) in [4.78, 5) is 13.2. The second-order valence-corrected chi connectivity index (χ2v) is 4.44. The fourth-order valence-electron chi connectivity index (χ4n) is 2.14. The van der Waals surface area contributed by atoms with Crippen molar-refractivity contribution in [2.45, 2.75) is 31.8 Å². The highest BCUT2D eigenvalue weighted by Gasteiger charge is 2.25. The van der Waals surface area contributed by atoms with E-state index >= 15 is 0 Å². The summed E-state index contributed by atoms with van der Waals surface area (Å²) in [5.74, 6) is 0.480. The van der Waals surface area contributed by atoms with E-state index in [1.807, 2.05) is 7.05 Å². The van der Waals surface area contributed by atoms with Crippen molar-refractivity contribution in [2.75, 3.05) is 27.2 Å². The van der Waals surface area contributed by atoms with Crippen LogP contribution in [-0.4, -0.2) is 49.2 Å². The van der Waals surface area contributed by atoms with Crippen LogP contribution in [0.25, 0.3) is 0 Å². The SMILES string of the molecule is CNC(=O)CCN(C)CC1CCCC1O. The number of aliphatic hydroxyl groups excluding tert-OH is 1. The van der Waals surface area contributed by atoms with E-state index in [1.165, 1.54) is 0 Å². The predicted octanol–water partition coefficient (Wildman–Crippen LogP) is 0.215. The summed E-state index contributed by atoms with van der Waals surface area (Å²) in [7, 11) is 3.66. The molecular formula is C11H22N2O2. The minimum atomic E-state index is -0.132. The molecule has 0 aromatic carbocycles. The standard InChI is InChI=1S/C11H22N2O2/c1-12-11(15)6-7-13(2)8-9-4-3-5-10(9)14/h9-10,14H,3-8H2,1-2H3,(H,12,15). The molecule has 1 saturated carbocycles. The van der Waals surface area contributed by atoms with Crippen molar-refractivity contribution in [2.24, 2.45) is 5.92 Å². The Morgan fingerprint density at radius 1 is 1.53 bits per heavy atom. The molecule has 4 heteroatoms. The van der Waals surface area contributed by atoms with Crippen LogP contribution in [0, 0.1) is 5.92 Å². The molecule has 15 heavy (non-hydrogen) atoms. The van der Waals surface area contributed by atoms with Gasteiger partial charge in [0.2, 0.25) is 5.91 Å². The van der Waals surface area contributed by atoms with Crippen molar-refractivity contribution in [3.8, 4) is 0 Å². The maximum absolute atomic E-state index is 11.0. The third-order valence-corrected chi connectivity index (χ3v) is 3.16. The second kappa shape index (κ2) is 6.08. The Labute approximate surface area is 91.6 Å². The van der Waals surface area contributed by atoms with E-state index in [4.69, 9.17) is 0 Å². The fraction of sp³-hybridized carbons (Fsp3) is 0.909. The largest absolute Gasteiger partial charge is 0.393 e. The van der Waals surface area contributed by atoms with E-state index in [1.54, 1.807) is 7.05 Å². The number of hydrogen-bond acceptors (Lipinski definition) is 3. The van der Waals surface area contributed by atoms with Crippen LogP contribution >= 0.6 is 0 Å². The summed E-state index contributed by atoms with van der Waals surface area (Å²) in [6.45, 7) is 1.67. The number of nitrogens with zero attached hydrogens (tertiary/aromatic N) is 1. The molecule has 0 aliphatic heterocycles. The first-order chi connectivity index (χ1) is 7.13. The summed E-state index contributed by atoms with van der Waals surface area (Å²) in [6.07, 6.45) is 3.59. The first-order valence-electron chi connectivity index (χ1n) is 5.70. The fourth-order valence-corrected chi connectivity index (χ4v) is 2.14. The van der Waals surface area contributed by atoms with Gasteiger partial charge in [-0.25, -0.2) is 0 Å². The molecule has 1 rings (SSSR count). The Kier molecular flexibility index (Phi) is 5.05. The topological polar surface area (TPSA) is 52.6 Å². The maximum Gasteiger partial charge on any atom is 0.221 e. The summed E-state index contributed by atoms with van der Waals surface area (Å²) in [5, 5.41) is 12.3. The van der Waals surface area contributed by atoms with Crippen LogP contribution in [0.1, 0.15) is 25.7 Å². The Hall–Kier alpha value is -0.610. The van der Waals surface area contributed by atoms with Gasteiger partial charge in [-0.15, -0.1) is 0 Å². The third-order valence-electron chi connectivity index (χ3n) is 3.16. The summed E-state index contributed by atoms with van der Waals surface area (Å²) in [6, 6.07) is 0. The average molecular weight is 214 g/mol. The van der Waals surface area contributed by atoms with Crippen molar-refractivity contribution in [1.82, 2.24) is 10.2 Å². The number of nitrogens with one attached hydrogen (secondary N) is 1. The molecule has 0 spiro atoms. The number of carbonyl (C=O) groups is 1. The van der Waals surface area contributed by atoms with Crippen molar-refractivity contribution in [3.05, 3.63) is 0 Å². The summed E-state index contributed by atoms with van der Waals surface area (Å²) >= 11 is 0. The Morgan fingerprint density at radius 2 is 2.27 bits per heavy atom. The van der Waals surface area contributed by atoms with Crippen molar-refractivity contribution in [1.29, 1.82) is 0 Å². The van der Waals surface area contributed by atoms with Gasteiger partial charge in [0.25, 0.3) is 0 Å². The van der Waals surface area contributed by atoms with Gasteiger partial charge in [0.1, 0.15) is 0 Å². The van der Waals surface area contributed by atoms with Gasteiger partial charge in [-0.2, -0.15) is 0 Å². The lowest BCUT2D eigenvalue weighted by molar-refractivity contribution is -0.120. The van der Waals surface area contributed by atoms with Gasteiger partial charge in [0.05, 0.1) is 6.10 Å². The van der Waals surface area contributed by atoms with Crippen LogP contribution in [0.3, 0.4) is 0 Å². The Morgan fingerprint density at radius 3 is 2.80 bits per heavy atom. The third kappa shape index (κ3) is 4.18. The lowest BCUT2D eigenvalue weighted by Crippen LogP contribution is -2.32. The molecule has 0 bridgehead atoms. The first-order valence-corrected chi connectivity index (χ1v) is 5.70. The second-order valence-electron chi connectivity index (χ2n) is 4.44. The van der Waals surface area contributed by atoms with E-state index in [0.29, 0.717) is 12.3 Å². The maximum atomic E-state index is 11.0. The zero-order valence-corrected chi connectivity index (χ0v) is 9.70. The van der Waals surface area contributed by atoms with Gasteiger partial charge < -0.3 is 15.3 Å². The minimum Gasteiger partial charge on any atom is -0.393 e. The van der Waals surface area contributed by atoms with E-state index in [2.05, 4.69) is 10.2 Å². The molecule has 0 aromatic rings. The van der Waals surface area contributed by atoms with Crippen LogP contribution in [-0.2, 0) is 4.79 Å². The summed E-state index contributed by atoms with van der Waals surface area (Å²) < 4.78 is 0. The van der Waals surface area contributed by atoms with Crippen molar-refractivity contribution in [3.63, 3.8) is 0 Å². The van der Waals surface area contributed by atoms with Gasteiger partial charge in [-0.1, -0.05) is 6.42 Å². The van der Waals surface area contributed by atoms with Crippen molar-refractivity contribution >= 4 is 5.91 Å². The molecule has 1 amide bonds. The minimum absolute atomic E-state index is 0.0776. The normalized spacial score (nSPS) is 25.9. The molecule has 0 heterocycles. The molecule has 1 fully saturated rings. The van der Waals surface area contributed by atoms with Crippen LogP contribution in [0.2, 0.25) is 0 Å². The van der Waals surface area contributed by atoms with Crippen LogP contribution in [0.4, 0.5) is 0 Å². The van der Waals surface area contributed by atoms with E-state index in [-0.39, 0.29) is 12.0 Å². The molecule has 2 N–H and O–H groups in total. The number of amides is 1. The van der Waals surface area contributed by atoms with E-state index in [9.17, 15) is 9.90 Å². The molecule has 0 saturated heterocycles. The molecule has 1 aliphatic carbocycles. The lowest BCUT2D eigenvalue weighted by Gasteiger charge is -2.22. The van der Waals surface area contributed by atoms with Crippen LogP contribution in [0.5, 0.6) is 0 Å². The van der Waals surface area contributed by atoms with Gasteiger partial charge >= 0.3 is 0 Å². The zero-order valence-electron chi connectivity index (χ0n) is 9.70. The Balaban J connectivity index is 2.17.